The molecule has 1 aliphatic rings. The quantitative estimate of drug-likeness (QED) is 0.704. The molecule has 0 radical (unpaired) electrons. The number of hydrogen-bond donors (Lipinski definition) is 1. The van der Waals surface area contributed by atoms with Crippen molar-refractivity contribution in [1.29, 1.82) is 0 Å². The SMILES string of the molecule is CC(C)CC1(C(=O)O)CCCO1. The lowest BCUT2D eigenvalue weighted by molar-refractivity contribution is -0.161. The fourth-order valence-corrected chi connectivity index (χ4v) is 1.77. The van der Waals surface area contributed by atoms with Crippen LogP contribution >= 0.6 is 0 Å². The molecule has 1 unspecified atom stereocenters. The molecule has 1 saturated heterocycles. The number of ether oxygens (including phenoxy) is 1. The van der Waals surface area contributed by atoms with Crippen LogP contribution in [-0.2, 0) is 9.53 Å². The Kier molecular flexibility index (Phi) is 2.73. The van der Waals surface area contributed by atoms with Gasteiger partial charge in [-0.15, -0.1) is 0 Å². The molecule has 1 rings (SSSR count). The minimum atomic E-state index is -0.867. The number of aliphatic carboxylic acids is 1. The van der Waals surface area contributed by atoms with Crippen molar-refractivity contribution in [2.75, 3.05) is 6.61 Å². The van der Waals surface area contributed by atoms with Gasteiger partial charge in [-0.1, -0.05) is 13.8 Å². The summed E-state index contributed by atoms with van der Waals surface area (Å²) in [5, 5.41) is 8.99. The highest BCUT2D eigenvalue weighted by Crippen LogP contribution is 2.32. The third kappa shape index (κ3) is 1.78. The first kappa shape index (κ1) is 9.52. The van der Waals surface area contributed by atoms with E-state index in [1.807, 2.05) is 13.8 Å². The second-order valence-corrected chi connectivity index (χ2v) is 3.85. The molecule has 0 aromatic heterocycles. The second-order valence-electron chi connectivity index (χ2n) is 3.85. The van der Waals surface area contributed by atoms with Crippen LogP contribution in [0, 0.1) is 5.92 Å². The van der Waals surface area contributed by atoms with Crippen LogP contribution in [0.25, 0.3) is 0 Å². The minimum Gasteiger partial charge on any atom is -0.479 e. The summed E-state index contributed by atoms with van der Waals surface area (Å²) in [5.41, 5.74) is -0.867. The Balaban J connectivity index is 2.65. The third-order valence-electron chi connectivity index (χ3n) is 2.23. The Hall–Kier alpha value is -0.570. The van der Waals surface area contributed by atoms with Crippen LogP contribution in [0.1, 0.15) is 33.1 Å². The van der Waals surface area contributed by atoms with Gasteiger partial charge in [0.2, 0.25) is 0 Å². The Labute approximate surface area is 72.7 Å². The smallest absolute Gasteiger partial charge is 0.335 e. The lowest BCUT2D eigenvalue weighted by Crippen LogP contribution is -2.39. The van der Waals surface area contributed by atoms with E-state index in [9.17, 15) is 4.79 Å². The molecule has 0 aromatic rings. The molecule has 1 fully saturated rings. The topological polar surface area (TPSA) is 46.5 Å². The molecular formula is C9H16O3. The number of carboxylic acid groups (broad SMARTS) is 1. The molecule has 1 heterocycles. The molecule has 3 heteroatoms. The normalized spacial score (nSPS) is 29.6. The molecule has 0 aliphatic carbocycles. The van der Waals surface area contributed by atoms with Gasteiger partial charge in [0.05, 0.1) is 0 Å². The standard InChI is InChI=1S/C9H16O3/c1-7(2)6-9(8(10)11)4-3-5-12-9/h7H,3-6H2,1-2H3,(H,10,11). The Morgan fingerprint density at radius 3 is 2.67 bits per heavy atom. The molecule has 12 heavy (non-hydrogen) atoms. The predicted molar refractivity (Wildman–Crippen MR) is 45.0 cm³/mol. The average molecular weight is 172 g/mol. The summed E-state index contributed by atoms with van der Waals surface area (Å²) in [6, 6.07) is 0. The highest BCUT2D eigenvalue weighted by molar-refractivity contribution is 5.77. The summed E-state index contributed by atoms with van der Waals surface area (Å²) in [7, 11) is 0. The summed E-state index contributed by atoms with van der Waals surface area (Å²) in [6.45, 7) is 4.64. The van der Waals surface area contributed by atoms with Crippen molar-refractivity contribution in [1.82, 2.24) is 0 Å². The van der Waals surface area contributed by atoms with Crippen LogP contribution in [0.3, 0.4) is 0 Å². The predicted octanol–water partition coefficient (Wildman–Crippen LogP) is 1.67. The van der Waals surface area contributed by atoms with Gasteiger partial charge in [0.15, 0.2) is 5.60 Å². The molecule has 1 N–H and O–H groups in total. The van der Waals surface area contributed by atoms with Crippen LogP contribution < -0.4 is 0 Å². The zero-order valence-electron chi connectivity index (χ0n) is 7.67. The number of carbonyl (C=O) groups is 1. The number of hydrogen-bond acceptors (Lipinski definition) is 2. The first-order valence-corrected chi connectivity index (χ1v) is 4.44. The van der Waals surface area contributed by atoms with Crippen LogP contribution in [0.4, 0.5) is 0 Å². The molecule has 0 spiro atoms. The van der Waals surface area contributed by atoms with E-state index in [0.29, 0.717) is 25.4 Å². The fraction of sp³-hybridized carbons (Fsp3) is 0.889. The summed E-state index contributed by atoms with van der Waals surface area (Å²) in [5.74, 6) is -0.423. The van der Waals surface area contributed by atoms with E-state index < -0.39 is 11.6 Å². The minimum absolute atomic E-state index is 0.374. The molecule has 0 bridgehead atoms. The summed E-state index contributed by atoms with van der Waals surface area (Å²) >= 11 is 0. The van der Waals surface area contributed by atoms with Crippen molar-refractivity contribution in [3.05, 3.63) is 0 Å². The maximum atomic E-state index is 10.9. The highest BCUT2D eigenvalue weighted by Gasteiger charge is 2.42. The van der Waals surface area contributed by atoms with Crippen molar-refractivity contribution in [2.45, 2.75) is 38.7 Å². The van der Waals surface area contributed by atoms with Gasteiger partial charge in [-0.25, -0.2) is 4.79 Å². The first-order valence-electron chi connectivity index (χ1n) is 4.44. The molecule has 1 aliphatic heterocycles. The zero-order chi connectivity index (χ0) is 9.19. The van der Waals surface area contributed by atoms with E-state index in [4.69, 9.17) is 9.84 Å². The summed E-state index contributed by atoms with van der Waals surface area (Å²) in [4.78, 5) is 10.9. The largest absolute Gasteiger partial charge is 0.479 e. The van der Waals surface area contributed by atoms with Gasteiger partial charge in [-0.05, 0) is 25.2 Å². The lowest BCUT2D eigenvalue weighted by Gasteiger charge is -2.24. The molecule has 70 valence electrons. The number of carboxylic acids is 1. The van der Waals surface area contributed by atoms with Crippen molar-refractivity contribution in [2.24, 2.45) is 5.92 Å². The Morgan fingerprint density at radius 1 is 1.67 bits per heavy atom. The average Bonchev–Trinajstić information content (AvgIpc) is 2.35. The van der Waals surface area contributed by atoms with Crippen molar-refractivity contribution >= 4 is 5.97 Å². The molecule has 0 amide bonds. The molecule has 1 atom stereocenters. The van der Waals surface area contributed by atoms with Crippen LogP contribution in [0.2, 0.25) is 0 Å². The van der Waals surface area contributed by atoms with Gasteiger partial charge in [0, 0.05) is 6.61 Å². The number of rotatable bonds is 3. The second kappa shape index (κ2) is 3.44. The molecule has 3 nitrogen and oxygen atoms in total. The zero-order valence-corrected chi connectivity index (χ0v) is 7.67. The third-order valence-corrected chi connectivity index (χ3v) is 2.23. The summed E-state index contributed by atoms with van der Waals surface area (Å²) in [6.07, 6.45) is 2.17. The Morgan fingerprint density at radius 2 is 2.33 bits per heavy atom. The first-order chi connectivity index (χ1) is 5.57. The van der Waals surface area contributed by atoms with E-state index in [0.717, 1.165) is 6.42 Å². The van der Waals surface area contributed by atoms with Gasteiger partial charge in [-0.2, -0.15) is 0 Å². The van der Waals surface area contributed by atoms with Crippen LogP contribution in [0.5, 0.6) is 0 Å². The molecular weight excluding hydrogens is 156 g/mol. The van der Waals surface area contributed by atoms with Crippen molar-refractivity contribution < 1.29 is 14.6 Å². The molecule has 0 aromatic carbocycles. The molecule has 0 saturated carbocycles. The van der Waals surface area contributed by atoms with E-state index in [2.05, 4.69) is 0 Å². The monoisotopic (exact) mass is 172 g/mol. The van der Waals surface area contributed by atoms with E-state index in [1.165, 1.54) is 0 Å². The van der Waals surface area contributed by atoms with E-state index in [1.54, 1.807) is 0 Å². The Bertz CT molecular complexity index is 169. The van der Waals surface area contributed by atoms with Crippen LogP contribution in [0.15, 0.2) is 0 Å². The summed E-state index contributed by atoms with van der Waals surface area (Å²) < 4.78 is 5.31. The fourth-order valence-electron chi connectivity index (χ4n) is 1.77. The van der Waals surface area contributed by atoms with Gasteiger partial charge >= 0.3 is 5.97 Å². The van der Waals surface area contributed by atoms with Gasteiger partial charge in [0.1, 0.15) is 0 Å². The van der Waals surface area contributed by atoms with Crippen molar-refractivity contribution in [3.63, 3.8) is 0 Å². The van der Waals surface area contributed by atoms with E-state index in [-0.39, 0.29) is 0 Å². The lowest BCUT2D eigenvalue weighted by atomic mass is 9.90. The van der Waals surface area contributed by atoms with Gasteiger partial charge in [-0.3, -0.25) is 0 Å². The maximum absolute atomic E-state index is 10.9. The highest BCUT2D eigenvalue weighted by atomic mass is 16.5. The van der Waals surface area contributed by atoms with Gasteiger partial charge in [0.25, 0.3) is 0 Å². The van der Waals surface area contributed by atoms with E-state index >= 15 is 0 Å². The van der Waals surface area contributed by atoms with Crippen LogP contribution in [-0.4, -0.2) is 23.3 Å². The van der Waals surface area contributed by atoms with Gasteiger partial charge < -0.3 is 9.84 Å². The maximum Gasteiger partial charge on any atom is 0.335 e. The van der Waals surface area contributed by atoms with Crippen molar-refractivity contribution in [3.8, 4) is 0 Å².